The summed E-state index contributed by atoms with van der Waals surface area (Å²) in [5.74, 6) is -0.465. The monoisotopic (exact) mass is 239 g/mol. The maximum absolute atomic E-state index is 11.9. The number of amides is 4. The molecule has 94 valence electrons. The summed E-state index contributed by atoms with van der Waals surface area (Å²) in [5, 5.41) is 4.96. The molecular formula is C11H17N3O3. The first-order valence-corrected chi connectivity index (χ1v) is 6.00. The van der Waals surface area contributed by atoms with Gasteiger partial charge in [-0.3, -0.25) is 14.9 Å². The Hall–Kier alpha value is -1.59. The first-order valence-electron chi connectivity index (χ1n) is 6.00. The van der Waals surface area contributed by atoms with Gasteiger partial charge >= 0.3 is 6.03 Å². The van der Waals surface area contributed by atoms with E-state index < -0.39 is 11.6 Å². The Balaban J connectivity index is 2.15. The fourth-order valence-electron chi connectivity index (χ4n) is 2.67. The number of likely N-dealkylation sites (N-methyl/N-ethyl adjacent to an activating group) is 1. The zero-order valence-electron chi connectivity index (χ0n) is 9.91. The molecule has 2 N–H and O–H groups in total. The number of rotatable bonds is 3. The molecule has 0 bridgehead atoms. The molecule has 1 aliphatic carbocycles. The lowest BCUT2D eigenvalue weighted by Crippen LogP contribution is -2.51. The van der Waals surface area contributed by atoms with Crippen molar-refractivity contribution in [3.63, 3.8) is 0 Å². The van der Waals surface area contributed by atoms with Crippen LogP contribution in [0.4, 0.5) is 4.79 Å². The van der Waals surface area contributed by atoms with Gasteiger partial charge in [0.2, 0.25) is 5.91 Å². The molecule has 6 heteroatoms. The van der Waals surface area contributed by atoms with E-state index in [4.69, 9.17) is 0 Å². The van der Waals surface area contributed by atoms with E-state index in [0.717, 1.165) is 12.8 Å². The van der Waals surface area contributed by atoms with Crippen molar-refractivity contribution in [1.29, 1.82) is 0 Å². The smallest absolute Gasteiger partial charge is 0.325 e. The fraction of sp³-hybridized carbons (Fsp3) is 0.727. The standard InChI is InChI=1S/C11H17N3O3/c1-2-12-8(15)7-14-10(17)13-9(16)11(14)5-3-4-6-11/h2-7H2,1H3,(H,12,15)(H,13,16,17). The third-order valence-electron chi connectivity index (χ3n) is 3.51. The van der Waals surface area contributed by atoms with E-state index >= 15 is 0 Å². The second kappa shape index (κ2) is 4.35. The number of hydrogen-bond donors (Lipinski definition) is 2. The lowest BCUT2D eigenvalue weighted by atomic mass is 9.96. The van der Waals surface area contributed by atoms with Crippen LogP contribution in [0.1, 0.15) is 32.6 Å². The summed E-state index contributed by atoms with van der Waals surface area (Å²) in [4.78, 5) is 36.5. The molecule has 1 aliphatic heterocycles. The van der Waals surface area contributed by atoms with Crippen LogP contribution in [0, 0.1) is 0 Å². The van der Waals surface area contributed by atoms with Crippen LogP contribution in [0.5, 0.6) is 0 Å². The Morgan fingerprint density at radius 2 is 2.06 bits per heavy atom. The summed E-state index contributed by atoms with van der Waals surface area (Å²) in [5.41, 5.74) is -0.762. The van der Waals surface area contributed by atoms with Crippen molar-refractivity contribution < 1.29 is 14.4 Å². The van der Waals surface area contributed by atoms with Gasteiger partial charge in [-0.05, 0) is 19.8 Å². The van der Waals surface area contributed by atoms with Gasteiger partial charge in [0.1, 0.15) is 12.1 Å². The predicted molar refractivity (Wildman–Crippen MR) is 60.1 cm³/mol. The SMILES string of the molecule is CCNC(=O)CN1C(=O)NC(=O)C12CCCC2. The molecule has 0 atom stereocenters. The number of imide groups is 1. The van der Waals surface area contributed by atoms with Crippen molar-refractivity contribution in [2.24, 2.45) is 0 Å². The van der Waals surface area contributed by atoms with Crippen LogP contribution in [0.3, 0.4) is 0 Å². The minimum absolute atomic E-state index is 0.0363. The Labute approximate surface area is 99.7 Å². The average molecular weight is 239 g/mol. The highest BCUT2D eigenvalue weighted by molar-refractivity contribution is 6.08. The third-order valence-corrected chi connectivity index (χ3v) is 3.51. The Kier molecular flexibility index (Phi) is 3.04. The van der Waals surface area contributed by atoms with Crippen molar-refractivity contribution in [2.45, 2.75) is 38.1 Å². The van der Waals surface area contributed by atoms with E-state index in [1.165, 1.54) is 4.90 Å². The molecule has 2 aliphatic rings. The summed E-state index contributed by atoms with van der Waals surface area (Å²) in [6.07, 6.45) is 3.16. The lowest BCUT2D eigenvalue weighted by Gasteiger charge is -2.30. The molecule has 0 aromatic rings. The number of hydrogen-bond acceptors (Lipinski definition) is 3. The van der Waals surface area contributed by atoms with E-state index in [1.807, 2.05) is 6.92 Å². The van der Waals surface area contributed by atoms with Crippen molar-refractivity contribution in [2.75, 3.05) is 13.1 Å². The molecule has 0 aromatic heterocycles. The van der Waals surface area contributed by atoms with Crippen LogP contribution in [0.15, 0.2) is 0 Å². The van der Waals surface area contributed by atoms with Gasteiger partial charge in [0.15, 0.2) is 0 Å². The molecule has 1 saturated heterocycles. The van der Waals surface area contributed by atoms with E-state index in [0.29, 0.717) is 19.4 Å². The first kappa shape index (κ1) is 11.9. The molecule has 4 amide bonds. The Morgan fingerprint density at radius 3 is 2.65 bits per heavy atom. The normalized spacial score (nSPS) is 22.1. The lowest BCUT2D eigenvalue weighted by molar-refractivity contribution is -0.128. The van der Waals surface area contributed by atoms with Gasteiger partial charge in [-0.15, -0.1) is 0 Å². The summed E-state index contributed by atoms with van der Waals surface area (Å²) >= 11 is 0. The maximum Gasteiger partial charge on any atom is 0.325 e. The quantitative estimate of drug-likeness (QED) is 0.680. The molecule has 2 rings (SSSR count). The number of urea groups is 1. The zero-order chi connectivity index (χ0) is 12.5. The van der Waals surface area contributed by atoms with Crippen LogP contribution in [-0.4, -0.2) is 41.4 Å². The zero-order valence-corrected chi connectivity index (χ0v) is 9.91. The summed E-state index contributed by atoms with van der Waals surface area (Å²) < 4.78 is 0. The molecule has 1 saturated carbocycles. The van der Waals surface area contributed by atoms with Crippen molar-refractivity contribution in [1.82, 2.24) is 15.5 Å². The minimum atomic E-state index is -0.762. The van der Waals surface area contributed by atoms with Crippen LogP contribution < -0.4 is 10.6 Å². The number of carbonyl (C=O) groups is 3. The second-order valence-corrected chi connectivity index (χ2v) is 4.54. The maximum atomic E-state index is 11.9. The average Bonchev–Trinajstić information content (AvgIpc) is 2.83. The highest BCUT2D eigenvalue weighted by atomic mass is 16.2. The Bertz CT molecular complexity index is 361. The molecule has 0 aromatic carbocycles. The van der Waals surface area contributed by atoms with Crippen LogP contribution in [0.25, 0.3) is 0 Å². The summed E-state index contributed by atoms with van der Waals surface area (Å²) in [6, 6.07) is -0.442. The topological polar surface area (TPSA) is 78.5 Å². The predicted octanol–water partition coefficient (Wildman–Crippen LogP) is -0.0129. The molecular weight excluding hydrogens is 222 g/mol. The van der Waals surface area contributed by atoms with Crippen LogP contribution >= 0.6 is 0 Å². The molecule has 2 fully saturated rings. The van der Waals surface area contributed by atoms with Gasteiger partial charge in [-0.2, -0.15) is 0 Å². The molecule has 1 spiro atoms. The van der Waals surface area contributed by atoms with Gasteiger partial charge in [0.05, 0.1) is 0 Å². The molecule has 0 radical (unpaired) electrons. The highest BCUT2D eigenvalue weighted by Gasteiger charge is 2.54. The van der Waals surface area contributed by atoms with E-state index in [-0.39, 0.29) is 18.4 Å². The molecule has 6 nitrogen and oxygen atoms in total. The highest BCUT2D eigenvalue weighted by Crippen LogP contribution is 2.38. The largest absolute Gasteiger partial charge is 0.355 e. The van der Waals surface area contributed by atoms with Crippen molar-refractivity contribution in [3.8, 4) is 0 Å². The number of nitrogens with one attached hydrogen (secondary N) is 2. The van der Waals surface area contributed by atoms with E-state index in [2.05, 4.69) is 10.6 Å². The van der Waals surface area contributed by atoms with Gasteiger partial charge < -0.3 is 10.2 Å². The number of carbonyl (C=O) groups excluding carboxylic acids is 3. The van der Waals surface area contributed by atoms with Crippen LogP contribution in [0.2, 0.25) is 0 Å². The van der Waals surface area contributed by atoms with Gasteiger partial charge in [-0.1, -0.05) is 12.8 Å². The first-order chi connectivity index (χ1) is 8.10. The second-order valence-electron chi connectivity index (χ2n) is 4.54. The van der Waals surface area contributed by atoms with E-state index in [9.17, 15) is 14.4 Å². The van der Waals surface area contributed by atoms with Gasteiger partial charge in [0, 0.05) is 6.54 Å². The molecule has 1 heterocycles. The Morgan fingerprint density at radius 1 is 1.41 bits per heavy atom. The van der Waals surface area contributed by atoms with E-state index in [1.54, 1.807) is 0 Å². The molecule has 17 heavy (non-hydrogen) atoms. The molecule has 0 unspecified atom stereocenters. The van der Waals surface area contributed by atoms with Gasteiger partial charge in [0.25, 0.3) is 5.91 Å². The fourth-order valence-corrected chi connectivity index (χ4v) is 2.67. The summed E-state index contributed by atoms with van der Waals surface area (Å²) in [7, 11) is 0. The van der Waals surface area contributed by atoms with Crippen molar-refractivity contribution in [3.05, 3.63) is 0 Å². The third kappa shape index (κ3) is 1.87. The number of nitrogens with zero attached hydrogens (tertiary/aromatic N) is 1. The summed E-state index contributed by atoms with van der Waals surface area (Å²) in [6.45, 7) is 2.30. The van der Waals surface area contributed by atoms with Crippen LogP contribution in [-0.2, 0) is 9.59 Å². The van der Waals surface area contributed by atoms with Gasteiger partial charge in [-0.25, -0.2) is 4.79 Å². The minimum Gasteiger partial charge on any atom is -0.355 e. The van der Waals surface area contributed by atoms with Crippen molar-refractivity contribution >= 4 is 17.8 Å².